The molecule has 0 saturated heterocycles. The number of aromatic nitrogens is 2. The van der Waals surface area contributed by atoms with Crippen molar-refractivity contribution in [2.45, 2.75) is 53.4 Å². The average molecular weight is 350 g/mol. The Morgan fingerprint density at radius 3 is 2.19 bits per heavy atom. The molecule has 0 aliphatic heterocycles. The van der Waals surface area contributed by atoms with Gasteiger partial charge in [-0.05, 0) is 48.1 Å². The molecule has 0 aliphatic rings. The van der Waals surface area contributed by atoms with Crippen LogP contribution < -0.4 is 5.32 Å². The molecule has 1 heterocycles. The third-order valence-corrected chi connectivity index (χ3v) is 4.53. The van der Waals surface area contributed by atoms with E-state index in [4.69, 9.17) is 0 Å². The first-order chi connectivity index (χ1) is 12.5. The molecule has 3 aromatic rings. The zero-order chi connectivity index (χ0) is 19.1. The predicted octanol–water partition coefficient (Wildman–Crippen LogP) is 6.58. The van der Waals surface area contributed by atoms with Crippen molar-refractivity contribution in [2.75, 3.05) is 12.4 Å². The van der Waals surface area contributed by atoms with Crippen LogP contribution in [0, 0.1) is 6.92 Å². The lowest BCUT2D eigenvalue weighted by atomic mass is 9.91. The number of fused-ring (bicyclic) bond motifs is 1. The molecular weight excluding hydrogens is 318 g/mol. The summed E-state index contributed by atoms with van der Waals surface area (Å²) < 4.78 is 0. The molecule has 1 unspecified atom stereocenters. The van der Waals surface area contributed by atoms with Crippen LogP contribution in [-0.4, -0.2) is 17.0 Å². The van der Waals surface area contributed by atoms with Crippen molar-refractivity contribution in [1.82, 2.24) is 9.97 Å². The molecule has 0 amide bonds. The molecule has 0 saturated carbocycles. The Hall–Kier alpha value is -2.42. The molecule has 3 nitrogen and oxygen atoms in total. The van der Waals surface area contributed by atoms with Crippen molar-refractivity contribution in [3.05, 3.63) is 53.9 Å². The summed E-state index contributed by atoms with van der Waals surface area (Å²) >= 11 is 0. The van der Waals surface area contributed by atoms with E-state index in [2.05, 4.69) is 86.3 Å². The van der Waals surface area contributed by atoms with Gasteiger partial charge in [-0.25, -0.2) is 9.97 Å². The summed E-state index contributed by atoms with van der Waals surface area (Å²) in [5.74, 6) is 1.34. The van der Waals surface area contributed by atoms with Crippen LogP contribution in [0.15, 0.2) is 42.7 Å². The normalized spacial score (nSPS) is 11.6. The van der Waals surface area contributed by atoms with Crippen LogP contribution in [0.5, 0.6) is 0 Å². The van der Waals surface area contributed by atoms with Crippen molar-refractivity contribution in [1.29, 1.82) is 0 Å². The first-order valence-corrected chi connectivity index (χ1v) is 9.59. The van der Waals surface area contributed by atoms with Gasteiger partial charge < -0.3 is 5.32 Å². The Labute approximate surface area is 157 Å². The topological polar surface area (TPSA) is 37.8 Å². The fraction of sp³-hybridized carbons (Fsp3) is 0.391. The minimum Gasteiger partial charge on any atom is -0.373 e. The van der Waals surface area contributed by atoms with Crippen molar-refractivity contribution in [2.24, 2.45) is 0 Å². The van der Waals surface area contributed by atoms with E-state index in [-0.39, 0.29) is 0 Å². The molecular formula is C23H31N3. The van der Waals surface area contributed by atoms with E-state index >= 15 is 0 Å². The third-order valence-electron chi connectivity index (χ3n) is 4.53. The average Bonchev–Trinajstić information content (AvgIpc) is 2.67. The summed E-state index contributed by atoms with van der Waals surface area (Å²) in [7, 11) is 1.91. The Balaban J connectivity index is 0.000000758. The summed E-state index contributed by atoms with van der Waals surface area (Å²) in [6.45, 7) is 10.8. The second-order valence-electron chi connectivity index (χ2n) is 6.82. The SMILES string of the molecule is CCC.CCC(C)c1cc(-c2ccc(C)cc2)cc2c(NC)ncnc12. The van der Waals surface area contributed by atoms with Gasteiger partial charge in [-0.15, -0.1) is 0 Å². The Morgan fingerprint density at radius 2 is 1.62 bits per heavy atom. The standard InChI is InChI=1S/C20H23N3.C3H8/c1-5-14(3)17-10-16(15-8-6-13(2)7-9-15)11-18-19(17)22-12-23-20(18)21-4;1-3-2/h6-12,14H,5H2,1-4H3,(H,21,22,23);3H2,1-2H3. The van der Waals surface area contributed by atoms with E-state index in [1.807, 2.05) is 7.05 Å². The van der Waals surface area contributed by atoms with Gasteiger partial charge in [0.15, 0.2) is 0 Å². The van der Waals surface area contributed by atoms with Crippen LogP contribution in [-0.2, 0) is 0 Å². The molecule has 1 atom stereocenters. The number of aryl methyl sites for hydroxylation is 1. The highest BCUT2D eigenvalue weighted by Gasteiger charge is 2.14. The predicted molar refractivity (Wildman–Crippen MR) is 114 cm³/mol. The van der Waals surface area contributed by atoms with Crippen molar-refractivity contribution in [3.63, 3.8) is 0 Å². The fourth-order valence-electron chi connectivity index (χ4n) is 2.90. The minimum atomic E-state index is 0.461. The molecule has 26 heavy (non-hydrogen) atoms. The van der Waals surface area contributed by atoms with Crippen LogP contribution in [0.2, 0.25) is 0 Å². The van der Waals surface area contributed by atoms with E-state index in [1.54, 1.807) is 6.33 Å². The van der Waals surface area contributed by atoms with Crippen LogP contribution in [0.1, 0.15) is 57.6 Å². The first-order valence-electron chi connectivity index (χ1n) is 9.59. The van der Waals surface area contributed by atoms with E-state index in [0.717, 1.165) is 23.1 Å². The Kier molecular flexibility index (Phi) is 7.14. The monoisotopic (exact) mass is 349 g/mol. The summed E-state index contributed by atoms with van der Waals surface area (Å²) in [5, 5.41) is 4.28. The second kappa shape index (κ2) is 9.33. The number of hydrogen-bond acceptors (Lipinski definition) is 3. The van der Waals surface area contributed by atoms with Gasteiger partial charge in [0.05, 0.1) is 5.52 Å². The maximum atomic E-state index is 4.56. The van der Waals surface area contributed by atoms with Gasteiger partial charge in [-0.3, -0.25) is 0 Å². The Bertz CT molecular complexity index is 838. The zero-order valence-electron chi connectivity index (χ0n) is 16.9. The lowest BCUT2D eigenvalue weighted by molar-refractivity contribution is 0.738. The van der Waals surface area contributed by atoms with Gasteiger partial charge in [0, 0.05) is 12.4 Å². The maximum absolute atomic E-state index is 4.56. The summed E-state index contributed by atoms with van der Waals surface area (Å²) in [6, 6.07) is 13.1. The second-order valence-corrected chi connectivity index (χ2v) is 6.82. The number of hydrogen-bond donors (Lipinski definition) is 1. The minimum absolute atomic E-state index is 0.461. The molecule has 138 valence electrons. The largest absolute Gasteiger partial charge is 0.373 e. The van der Waals surface area contributed by atoms with E-state index in [0.29, 0.717) is 5.92 Å². The van der Waals surface area contributed by atoms with Gasteiger partial charge in [0.25, 0.3) is 0 Å². The third kappa shape index (κ3) is 4.40. The van der Waals surface area contributed by atoms with Crippen molar-refractivity contribution >= 4 is 16.7 Å². The molecule has 0 bridgehead atoms. The first kappa shape index (κ1) is 19.9. The summed E-state index contributed by atoms with van der Waals surface area (Å²) in [4.78, 5) is 8.93. The number of benzene rings is 2. The zero-order valence-corrected chi connectivity index (χ0v) is 16.9. The van der Waals surface area contributed by atoms with Crippen LogP contribution in [0.3, 0.4) is 0 Å². The number of nitrogens with zero attached hydrogens (tertiary/aromatic N) is 2. The molecule has 3 heteroatoms. The molecule has 0 fully saturated rings. The number of rotatable bonds is 4. The summed E-state index contributed by atoms with van der Waals surface area (Å²) in [6.07, 6.45) is 3.98. The van der Waals surface area contributed by atoms with Gasteiger partial charge >= 0.3 is 0 Å². The Morgan fingerprint density at radius 1 is 0.962 bits per heavy atom. The van der Waals surface area contributed by atoms with Crippen LogP contribution in [0.4, 0.5) is 5.82 Å². The fourth-order valence-corrected chi connectivity index (χ4v) is 2.90. The molecule has 0 spiro atoms. The molecule has 1 aromatic heterocycles. The van der Waals surface area contributed by atoms with Crippen LogP contribution >= 0.6 is 0 Å². The van der Waals surface area contributed by atoms with Crippen LogP contribution in [0.25, 0.3) is 22.0 Å². The number of nitrogens with one attached hydrogen (secondary N) is 1. The molecule has 3 rings (SSSR count). The lowest BCUT2D eigenvalue weighted by Gasteiger charge is -2.16. The molecule has 1 N–H and O–H groups in total. The van der Waals surface area contributed by atoms with E-state index in [9.17, 15) is 0 Å². The molecule has 0 radical (unpaired) electrons. The van der Waals surface area contributed by atoms with Gasteiger partial charge in [0.2, 0.25) is 0 Å². The van der Waals surface area contributed by atoms with Crippen molar-refractivity contribution < 1.29 is 0 Å². The lowest BCUT2D eigenvalue weighted by Crippen LogP contribution is -2.00. The highest BCUT2D eigenvalue weighted by Crippen LogP contribution is 2.34. The molecule has 2 aromatic carbocycles. The van der Waals surface area contributed by atoms with Gasteiger partial charge in [0.1, 0.15) is 12.1 Å². The van der Waals surface area contributed by atoms with Crippen molar-refractivity contribution in [3.8, 4) is 11.1 Å². The number of anilines is 1. The highest BCUT2D eigenvalue weighted by molar-refractivity contribution is 5.95. The van der Waals surface area contributed by atoms with Gasteiger partial charge in [-0.1, -0.05) is 63.9 Å². The highest BCUT2D eigenvalue weighted by atomic mass is 15.0. The maximum Gasteiger partial charge on any atom is 0.137 e. The van der Waals surface area contributed by atoms with E-state index < -0.39 is 0 Å². The van der Waals surface area contributed by atoms with Gasteiger partial charge in [-0.2, -0.15) is 0 Å². The smallest absolute Gasteiger partial charge is 0.137 e. The summed E-state index contributed by atoms with van der Waals surface area (Å²) in [5.41, 5.74) is 6.07. The quantitative estimate of drug-likeness (QED) is 0.578. The molecule has 0 aliphatic carbocycles. The van der Waals surface area contributed by atoms with E-state index in [1.165, 1.54) is 28.7 Å².